The second-order valence-electron chi connectivity index (χ2n) is 5.05. The van der Waals surface area contributed by atoms with Gasteiger partial charge in [0.2, 0.25) is 5.91 Å². The average molecular weight is 276 g/mol. The number of aryl methyl sites for hydroxylation is 1. The Morgan fingerprint density at radius 3 is 2.60 bits per heavy atom. The number of carbonyl (C=O) groups excluding carboxylic acids is 1. The molecule has 1 amide bonds. The molecule has 1 unspecified atom stereocenters. The SMILES string of the molecule is CCc1ccc(CN2CCNC(=O)C2CC(=O)O)cc1. The van der Waals surface area contributed by atoms with Gasteiger partial charge in [0.1, 0.15) is 6.04 Å². The summed E-state index contributed by atoms with van der Waals surface area (Å²) in [6, 6.07) is 7.66. The highest BCUT2D eigenvalue weighted by Crippen LogP contribution is 2.14. The number of carboxylic acids is 1. The summed E-state index contributed by atoms with van der Waals surface area (Å²) in [7, 11) is 0. The molecule has 1 aromatic rings. The second kappa shape index (κ2) is 6.52. The minimum Gasteiger partial charge on any atom is -0.481 e. The average Bonchev–Trinajstić information content (AvgIpc) is 2.43. The molecule has 1 aromatic carbocycles. The van der Waals surface area contributed by atoms with Gasteiger partial charge in [0.05, 0.1) is 6.42 Å². The zero-order valence-electron chi connectivity index (χ0n) is 11.6. The van der Waals surface area contributed by atoms with Crippen LogP contribution in [-0.2, 0) is 22.6 Å². The monoisotopic (exact) mass is 276 g/mol. The van der Waals surface area contributed by atoms with Gasteiger partial charge in [0.15, 0.2) is 0 Å². The van der Waals surface area contributed by atoms with Crippen molar-refractivity contribution in [2.75, 3.05) is 13.1 Å². The highest BCUT2D eigenvalue weighted by molar-refractivity contribution is 5.86. The van der Waals surface area contributed by atoms with Crippen molar-refractivity contribution in [3.05, 3.63) is 35.4 Å². The molecule has 5 heteroatoms. The van der Waals surface area contributed by atoms with Crippen LogP contribution in [0.3, 0.4) is 0 Å². The third-order valence-electron chi connectivity index (χ3n) is 3.63. The van der Waals surface area contributed by atoms with Gasteiger partial charge < -0.3 is 10.4 Å². The molecule has 1 fully saturated rings. The zero-order chi connectivity index (χ0) is 14.5. The smallest absolute Gasteiger partial charge is 0.305 e. The molecule has 2 rings (SSSR count). The van der Waals surface area contributed by atoms with E-state index in [0.717, 1.165) is 12.0 Å². The van der Waals surface area contributed by atoms with E-state index in [9.17, 15) is 9.59 Å². The van der Waals surface area contributed by atoms with Crippen molar-refractivity contribution < 1.29 is 14.7 Å². The number of amides is 1. The van der Waals surface area contributed by atoms with Crippen LogP contribution in [0.4, 0.5) is 0 Å². The summed E-state index contributed by atoms with van der Waals surface area (Å²) >= 11 is 0. The Morgan fingerprint density at radius 2 is 2.00 bits per heavy atom. The minimum atomic E-state index is -0.946. The van der Waals surface area contributed by atoms with E-state index in [0.29, 0.717) is 19.6 Å². The van der Waals surface area contributed by atoms with Crippen molar-refractivity contribution in [3.63, 3.8) is 0 Å². The first-order valence-corrected chi connectivity index (χ1v) is 6.91. The lowest BCUT2D eigenvalue weighted by Gasteiger charge is -2.34. The quantitative estimate of drug-likeness (QED) is 0.842. The van der Waals surface area contributed by atoms with Crippen molar-refractivity contribution in [2.24, 2.45) is 0 Å². The molecule has 1 heterocycles. The molecule has 0 aromatic heterocycles. The Kier molecular flexibility index (Phi) is 4.74. The first-order chi connectivity index (χ1) is 9.60. The Hall–Kier alpha value is -1.88. The number of carboxylic acid groups (broad SMARTS) is 1. The zero-order valence-corrected chi connectivity index (χ0v) is 11.6. The number of aliphatic carboxylic acids is 1. The molecule has 0 aliphatic carbocycles. The van der Waals surface area contributed by atoms with E-state index in [2.05, 4.69) is 24.4 Å². The number of rotatable bonds is 5. The first kappa shape index (κ1) is 14.5. The Labute approximate surface area is 118 Å². The molecule has 108 valence electrons. The molecule has 5 nitrogen and oxygen atoms in total. The van der Waals surface area contributed by atoms with Crippen molar-refractivity contribution in [1.82, 2.24) is 10.2 Å². The maximum Gasteiger partial charge on any atom is 0.305 e. The molecule has 1 aliphatic heterocycles. The number of hydrogen-bond donors (Lipinski definition) is 2. The first-order valence-electron chi connectivity index (χ1n) is 6.91. The third kappa shape index (κ3) is 3.57. The molecule has 1 atom stereocenters. The van der Waals surface area contributed by atoms with E-state index >= 15 is 0 Å². The second-order valence-corrected chi connectivity index (χ2v) is 5.05. The number of nitrogens with zero attached hydrogens (tertiary/aromatic N) is 1. The molecule has 20 heavy (non-hydrogen) atoms. The van der Waals surface area contributed by atoms with Gasteiger partial charge in [-0.1, -0.05) is 31.2 Å². The fraction of sp³-hybridized carbons (Fsp3) is 0.467. The summed E-state index contributed by atoms with van der Waals surface area (Å²) in [6.45, 7) is 3.96. The standard InChI is InChI=1S/C15H20N2O3/c1-2-11-3-5-12(6-4-11)10-17-8-7-16-15(20)13(17)9-14(18)19/h3-6,13H,2,7-10H2,1H3,(H,16,20)(H,18,19). The molecular weight excluding hydrogens is 256 g/mol. The fourth-order valence-electron chi connectivity index (χ4n) is 2.45. The lowest BCUT2D eigenvalue weighted by atomic mass is 10.1. The largest absolute Gasteiger partial charge is 0.481 e. The summed E-state index contributed by atoms with van der Waals surface area (Å²) < 4.78 is 0. The number of nitrogens with one attached hydrogen (secondary N) is 1. The Morgan fingerprint density at radius 1 is 1.35 bits per heavy atom. The number of benzene rings is 1. The van der Waals surface area contributed by atoms with Crippen LogP contribution in [0, 0.1) is 0 Å². The van der Waals surface area contributed by atoms with E-state index in [1.54, 1.807) is 0 Å². The normalized spacial score (nSPS) is 19.6. The molecule has 2 N–H and O–H groups in total. The van der Waals surface area contributed by atoms with E-state index in [1.807, 2.05) is 17.0 Å². The van der Waals surface area contributed by atoms with Crippen molar-refractivity contribution in [2.45, 2.75) is 32.4 Å². The number of carbonyl (C=O) groups is 2. The van der Waals surface area contributed by atoms with Gasteiger partial charge in [0, 0.05) is 19.6 Å². The summed E-state index contributed by atoms with van der Waals surface area (Å²) in [5, 5.41) is 11.7. The van der Waals surface area contributed by atoms with Gasteiger partial charge in [-0.3, -0.25) is 14.5 Å². The van der Waals surface area contributed by atoms with Crippen LogP contribution in [0.25, 0.3) is 0 Å². The highest BCUT2D eigenvalue weighted by Gasteiger charge is 2.31. The van der Waals surface area contributed by atoms with E-state index in [-0.39, 0.29) is 12.3 Å². The maximum absolute atomic E-state index is 11.8. The van der Waals surface area contributed by atoms with Gasteiger partial charge in [0.25, 0.3) is 0 Å². The number of hydrogen-bond acceptors (Lipinski definition) is 3. The van der Waals surface area contributed by atoms with Crippen molar-refractivity contribution in [1.29, 1.82) is 0 Å². The molecule has 0 bridgehead atoms. The maximum atomic E-state index is 11.8. The van der Waals surface area contributed by atoms with Crippen molar-refractivity contribution >= 4 is 11.9 Å². The Bertz CT molecular complexity index is 484. The van der Waals surface area contributed by atoms with Gasteiger partial charge in [-0.15, -0.1) is 0 Å². The fourth-order valence-corrected chi connectivity index (χ4v) is 2.45. The van der Waals surface area contributed by atoms with Gasteiger partial charge in [-0.2, -0.15) is 0 Å². The van der Waals surface area contributed by atoms with Crippen molar-refractivity contribution in [3.8, 4) is 0 Å². The van der Waals surface area contributed by atoms with Crippen LogP contribution < -0.4 is 5.32 Å². The molecule has 1 saturated heterocycles. The van der Waals surface area contributed by atoms with E-state index < -0.39 is 12.0 Å². The lowest BCUT2D eigenvalue weighted by Crippen LogP contribution is -2.55. The summed E-state index contributed by atoms with van der Waals surface area (Å²) in [5.74, 6) is -1.14. The van der Waals surface area contributed by atoms with Gasteiger partial charge in [-0.05, 0) is 17.5 Å². The topological polar surface area (TPSA) is 69.6 Å². The van der Waals surface area contributed by atoms with Crippen LogP contribution in [0.2, 0.25) is 0 Å². The minimum absolute atomic E-state index is 0.154. The summed E-state index contributed by atoms with van der Waals surface area (Å²) in [4.78, 5) is 24.6. The molecule has 1 aliphatic rings. The van der Waals surface area contributed by atoms with E-state index in [4.69, 9.17) is 5.11 Å². The third-order valence-corrected chi connectivity index (χ3v) is 3.63. The van der Waals surface area contributed by atoms with Crippen LogP contribution in [0.1, 0.15) is 24.5 Å². The predicted octanol–water partition coefficient (Wildman–Crippen LogP) is 1.02. The van der Waals surface area contributed by atoms with Crippen LogP contribution in [0.5, 0.6) is 0 Å². The molecule has 0 saturated carbocycles. The molecule has 0 spiro atoms. The van der Waals surface area contributed by atoms with Crippen LogP contribution in [-0.4, -0.2) is 41.0 Å². The van der Waals surface area contributed by atoms with E-state index in [1.165, 1.54) is 5.56 Å². The van der Waals surface area contributed by atoms with Crippen LogP contribution in [0.15, 0.2) is 24.3 Å². The Balaban J connectivity index is 2.07. The predicted molar refractivity (Wildman–Crippen MR) is 75.3 cm³/mol. The highest BCUT2D eigenvalue weighted by atomic mass is 16.4. The molecular formula is C15H20N2O3. The van der Waals surface area contributed by atoms with Crippen LogP contribution >= 0.6 is 0 Å². The lowest BCUT2D eigenvalue weighted by molar-refractivity contribution is -0.143. The van der Waals surface area contributed by atoms with Gasteiger partial charge >= 0.3 is 5.97 Å². The summed E-state index contributed by atoms with van der Waals surface area (Å²) in [5.41, 5.74) is 2.37. The summed E-state index contributed by atoms with van der Waals surface area (Å²) in [6.07, 6.45) is 0.840. The van der Waals surface area contributed by atoms with Gasteiger partial charge in [-0.25, -0.2) is 0 Å². The number of piperazine rings is 1. The molecule has 0 radical (unpaired) electrons.